The Kier molecular flexibility index (Phi) is 40.0. The van der Waals surface area contributed by atoms with Gasteiger partial charge in [0.2, 0.25) is 0 Å². The predicted molar refractivity (Wildman–Crippen MR) is 460 cm³/mol. The van der Waals surface area contributed by atoms with E-state index >= 15 is 0 Å². The normalized spacial score (nSPS) is 10.8. The molecule has 0 saturated carbocycles. The molecule has 0 spiro atoms. The number of urea groups is 6. The van der Waals surface area contributed by atoms with Gasteiger partial charge in [-0.3, -0.25) is 0 Å². The molecule has 0 heterocycles. The van der Waals surface area contributed by atoms with Crippen molar-refractivity contribution >= 4 is 112 Å². The van der Waals surface area contributed by atoms with Gasteiger partial charge in [0, 0.05) is 53.8 Å². The molecule has 0 fully saturated rings. The first-order valence-electron chi connectivity index (χ1n) is 39.0. The van der Waals surface area contributed by atoms with Crippen LogP contribution in [-0.4, -0.2) is 128 Å². The van der Waals surface area contributed by atoms with Crippen LogP contribution < -0.4 is 83.4 Å². The van der Waals surface area contributed by atoms with E-state index in [0.29, 0.717) is 87.9 Å². The fraction of sp³-hybridized carbons (Fsp3) is 0.310. The van der Waals surface area contributed by atoms with E-state index in [2.05, 4.69) is 147 Å². The van der Waals surface area contributed by atoms with Gasteiger partial charge in [-0.05, 0) is 209 Å². The Morgan fingerprint density at radius 1 is 0.254 bits per heavy atom. The first-order valence-corrected chi connectivity index (χ1v) is 40.4. The fourth-order valence-electron chi connectivity index (χ4n) is 12.3. The number of rotatable bonds is 30. The molecule has 0 aliphatic heterocycles. The van der Waals surface area contributed by atoms with Crippen LogP contribution in [0.1, 0.15) is 99.8 Å². The molecule has 610 valence electrons. The first-order chi connectivity index (χ1) is 54.8. The van der Waals surface area contributed by atoms with Gasteiger partial charge in [0.1, 0.15) is 0 Å². The quantitative estimate of drug-likeness (QED) is 0.0148. The summed E-state index contributed by atoms with van der Waals surface area (Å²) in [4.78, 5) is 106. The summed E-state index contributed by atoms with van der Waals surface area (Å²) >= 11 is 0. The topological polar surface area (TPSA) is 336 Å². The van der Waals surface area contributed by atoms with Crippen LogP contribution in [0.25, 0.3) is 0 Å². The second-order valence-electron chi connectivity index (χ2n) is 26.5. The maximum Gasteiger partial charge on any atom is 0.323 e. The number of para-hydroxylation sites is 6. The van der Waals surface area contributed by atoms with E-state index in [9.17, 15) is 28.8 Å². The van der Waals surface area contributed by atoms with Gasteiger partial charge in [0.05, 0.1) is 113 Å². The summed E-state index contributed by atoms with van der Waals surface area (Å²) < 4.78 is 12.4. The Bertz CT molecular complexity index is 3910. The number of phosphoric acid groups is 1. The average Bonchev–Trinajstić information content (AvgIpc) is 0.801. The lowest BCUT2D eigenvalue weighted by molar-refractivity contribution is -0.921. The molecule has 0 aliphatic rings. The van der Waals surface area contributed by atoms with Crippen molar-refractivity contribution in [3.63, 3.8) is 0 Å². The zero-order valence-corrected chi connectivity index (χ0v) is 68.8. The van der Waals surface area contributed by atoms with Gasteiger partial charge in [-0.2, -0.15) is 7.82 Å². The number of anilines is 12. The molecule has 27 heteroatoms. The van der Waals surface area contributed by atoms with Gasteiger partial charge in [-0.1, -0.05) is 127 Å². The molecule has 0 saturated heterocycles. The number of nitrogens with one attached hydrogen (secondary N) is 12. The highest BCUT2D eigenvalue weighted by Gasteiger charge is 2.21. The number of benzene rings is 9. The van der Waals surface area contributed by atoms with Crippen molar-refractivity contribution in [2.24, 2.45) is 0 Å². The maximum absolute atomic E-state index is 13.4. The molecule has 26 nitrogen and oxygen atoms in total. The van der Waals surface area contributed by atoms with Gasteiger partial charge >= 0.3 is 36.2 Å². The summed E-state index contributed by atoms with van der Waals surface area (Å²) in [5.41, 5.74) is 8.62. The molecule has 9 rings (SSSR count). The third-order valence-corrected chi connectivity index (χ3v) is 20.4. The van der Waals surface area contributed by atoms with Crippen molar-refractivity contribution in [3.8, 4) is 0 Å². The Labute approximate surface area is 673 Å². The number of hydrogen-bond acceptors (Lipinski definition) is 11. The van der Waals surface area contributed by atoms with Crippen molar-refractivity contribution in [3.05, 3.63) is 253 Å². The van der Waals surface area contributed by atoms with Gasteiger partial charge in [0.25, 0.3) is 0 Å². The Balaban J connectivity index is 0.000000605. The highest BCUT2D eigenvalue weighted by molar-refractivity contribution is 7.40. The Morgan fingerprint density at radius 3 is 0.588 bits per heavy atom. The van der Waals surface area contributed by atoms with Crippen LogP contribution in [0, 0.1) is 0 Å². The largest absolute Gasteiger partial charge is 0.822 e. The Morgan fingerprint density at radius 2 is 0.421 bits per heavy atom. The molecule has 0 atom stereocenters. The third-order valence-electron chi connectivity index (χ3n) is 20.4. The molecule has 0 bridgehead atoms. The van der Waals surface area contributed by atoms with Crippen LogP contribution >= 0.6 is 7.82 Å². The van der Waals surface area contributed by atoms with Crippen molar-refractivity contribution in [2.75, 3.05) is 131 Å². The van der Waals surface area contributed by atoms with Gasteiger partial charge in [-0.25, -0.2) is 28.8 Å². The molecule has 114 heavy (non-hydrogen) atoms. The van der Waals surface area contributed by atoms with E-state index < -0.39 is 44.0 Å². The number of nitrogens with zero attached hydrogens (tertiary/aromatic N) is 4. The lowest BCUT2D eigenvalue weighted by Crippen LogP contribution is -2.47. The van der Waals surface area contributed by atoms with Crippen molar-refractivity contribution in [1.29, 1.82) is 0 Å². The number of carbonyl (C=O) groups excluding carboxylic acids is 6. The SMILES string of the molecule is CC[N+](CC)(CC)CC.CC[N+](CC)(CC)CC.CC[N+](CC)(CC)CC.O=C(NCc1ccccc1)Nc1ccccc1NC(=O)Nc1ccc(N(c2ccc(NC(=O)Nc3ccccc3NC(=O)NCc3ccccc3)cc2)c2ccc(NC(=O)Nc3ccccc3NC(=O)NCc3ccccc3)cc2)cc1.O=P([O-])([O-])[O-]. The smallest absolute Gasteiger partial charge is 0.323 e. The molecule has 12 amide bonds. The molecular formula is C87H117N16O10P. The van der Waals surface area contributed by atoms with Gasteiger partial charge in [0.15, 0.2) is 0 Å². The van der Waals surface area contributed by atoms with E-state index in [4.69, 9.17) is 19.2 Å². The summed E-state index contributed by atoms with van der Waals surface area (Å²) in [5, 5.41) is 33.9. The van der Waals surface area contributed by atoms with Gasteiger partial charge in [-0.15, -0.1) is 0 Å². The molecule has 0 unspecified atom stereocenters. The average molecular weight is 1580 g/mol. The molecule has 0 aliphatic carbocycles. The first kappa shape index (κ1) is 93.0. The van der Waals surface area contributed by atoms with E-state index in [1.807, 2.05) is 132 Å². The van der Waals surface area contributed by atoms with E-state index in [1.54, 1.807) is 109 Å². The van der Waals surface area contributed by atoms with Crippen molar-refractivity contribution in [1.82, 2.24) is 16.0 Å². The van der Waals surface area contributed by atoms with Crippen LogP contribution in [0.15, 0.2) is 237 Å². The molecule has 0 aromatic heterocycles. The number of carbonyl (C=O) groups is 6. The van der Waals surface area contributed by atoms with Crippen molar-refractivity contribution in [2.45, 2.75) is 103 Å². The maximum atomic E-state index is 13.4. The van der Waals surface area contributed by atoms with Crippen LogP contribution in [-0.2, 0) is 24.2 Å². The lowest BCUT2D eigenvalue weighted by atomic mass is 10.1. The van der Waals surface area contributed by atoms with Crippen LogP contribution in [0.3, 0.4) is 0 Å². The fourth-order valence-corrected chi connectivity index (χ4v) is 12.3. The van der Waals surface area contributed by atoms with Crippen molar-refractivity contribution < 1.29 is 61.5 Å². The zero-order valence-electron chi connectivity index (χ0n) is 67.9. The highest BCUT2D eigenvalue weighted by Crippen LogP contribution is 2.37. The number of quaternary nitrogens is 3. The molecule has 0 radical (unpaired) electrons. The monoisotopic (exact) mass is 1580 g/mol. The Hall–Kier alpha value is -11.6. The summed E-state index contributed by atoms with van der Waals surface area (Å²) in [5.74, 6) is 0. The summed E-state index contributed by atoms with van der Waals surface area (Å²) in [6, 6.07) is 67.5. The number of amides is 12. The molecule has 9 aromatic carbocycles. The summed E-state index contributed by atoms with van der Waals surface area (Å²) in [6.45, 7) is 43.6. The van der Waals surface area contributed by atoms with Crippen LogP contribution in [0.5, 0.6) is 0 Å². The molecule has 12 N–H and O–H groups in total. The van der Waals surface area contributed by atoms with Crippen LogP contribution in [0.4, 0.5) is 97.0 Å². The summed E-state index contributed by atoms with van der Waals surface area (Å²) in [7, 11) is -5.39. The minimum Gasteiger partial charge on any atom is -0.822 e. The van der Waals surface area contributed by atoms with E-state index in [0.717, 1.165) is 16.7 Å². The predicted octanol–water partition coefficient (Wildman–Crippen LogP) is 16.9. The lowest BCUT2D eigenvalue weighted by Gasteiger charge is -2.36. The third kappa shape index (κ3) is 32.6. The second kappa shape index (κ2) is 49.0. The highest BCUT2D eigenvalue weighted by atomic mass is 31.2. The summed E-state index contributed by atoms with van der Waals surface area (Å²) in [6.07, 6.45) is 0. The standard InChI is InChI=1S/C63H57N13O6.3C8H20N.H3O4P/c77-58(64-40-43-16-4-1-5-17-43)70-52-22-10-13-25-55(52)73-61(80)67-46-28-34-49(35-29-46)76(50-36-30-47(31-37-50)68-62(81)74-56-26-14-11-23-53(56)71-59(78)65-41-44-18-6-2-7-19-44)51-38-32-48(33-39-51)69-63(82)75-57-27-15-12-24-54(57)72-60(79)66-42-45-20-8-3-9-21-45;3*1-5-9(6-2,7-3)8-4;1-5(2,3)4/h1-39H,40-42H2,(H2,64,70,77)(H2,65,71,78)(H2,66,72,79)(H2,67,73,80)(H2,68,74,81)(H2,69,75,82);3*5-8H2,1-4H3;(H3,1,2,3,4)/q;3*+1;/p-3. The molecule has 9 aromatic rings. The molecular weight excluding hydrogens is 1460 g/mol. The zero-order chi connectivity index (χ0) is 83.4. The minimum absolute atomic E-state index is 0.322. The minimum atomic E-state index is -5.39. The second-order valence-corrected chi connectivity index (χ2v) is 27.4. The number of hydrogen-bond donors (Lipinski definition) is 12. The van der Waals surface area contributed by atoms with Crippen LogP contribution in [0.2, 0.25) is 0 Å². The van der Waals surface area contributed by atoms with E-state index in [1.165, 1.54) is 92.0 Å². The van der Waals surface area contributed by atoms with E-state index in [-0.39, 0.29) is 0 Å². The van der Waals surface area contributed by atoms with Gasteiger partial charge < -0.3 is 101 Å².